The minimum absolute atomic E-state index is 0. The minimum Gasteiger partial charge on any atom is -0.341 e. The van der Waals surface area contributed by atoms with Gasteiger partial charge in [0.1, 0.15) is 0 Å². The summed E-state index contributed by atoms with van der Waals surface area (Å²) in [6.45, 7) is 2.70. The van der Waals surface area contributed by atoms with Gasteiger partial charge in [-0.1, -0.05) is 23.7 Å². The van der Waals surface area contributed by atoms with Gasteiger partial charge in [-0.2, -0.15) is 0 Å². The largest absolute Gasteiger partial charge is 0.341 e. The van der Waals surface area contributed by atoms with Crippen LogP contribution in [0.3, 0.4) is 0 Å². The molecule has 1 amide bonds. The number of amides is 1. The number of rotatable bonds is 4. The topological polar surface area (TPSA) is 32.3 Å². The summed E-state index contributed by atoms with van der Waals surface area (Å²) in [7, 11) is 1.87. The van der Waals surface area contributed by atoms with Crippen molar-refractivity contribution in [1.29, 1.82) is 0 Å². The summed E-state index contributed by atoms with van der Waals surface area (Å²) in [5, 5.41) is 4.04. The van der Waals surface area contributed by atoms with E-state index in [1.165, 1.54) is 0 Å². The van der Waals surface area contributed by atoms with Crippen molar-refractivity contribution < 1.29 is 4.79 Å². The van der Waals surface area contributed by atoms with E-state index in [0.29, 0.717) is 18.9 Å². The van der Waals surface area contributed by atoms with E-state index < -0.39 is 0 Å². The third-order valence-corrected chi connectivity index (χ3v) is 3.89. The van der Waals surface area contributed by atoms with E-state index in [0.717, 1.165) is 36.5 Å². The molecular formula is C15H22Cl2N2O. The lowest BCUT2D eigenvalue weighted by atomic mass is 9.94. The van der Waals surface area contributed by atoms with Crippen LogP contribution < -0.4 is 5.32 Å². The van der Waals surface area contributed by atoms with Crippen molar-refractivity contribution >= 4 is 29.9 Å². The predicted octanol–water partition coefficient (Wildman–Crippen LogP) is 3.11. The molecule has 5 heteroatoms. The summed E-state index contributed by atoms with van der Waals surface area (Å²) in [6, 6.07) is 7.68. The third-order valence-electron chi connectivity index (χ3n) is 3.66. The van der Waals surface area contributed by atoms with E-state index in [-0.39, 0.29) is 18.3 Å². The van der Waals surface area contributed by atoms with Crippen molar-refractivity contribution in [2.45, 2.75) is 25.8 Å². The Morgan fingerprint density at radius 3 is 2.75 bits per heavy atom. The van der Waals surface area contributed by atoms with Crippen LogP contribution in [0.4, 0.5) is 0 Å². The fourth-order valence-corrected chi connectivity index (χ4v) is 2.70. The van der Waals surface area contributed by atoms with Gasteiger partial charge in [0.05, 0.1) is 0 Å². The number of hydrogen-bond acceptors (Lipinski definition) is 2. The van der Waals surface area contributed by atoms with Gasteiger partial charge in [-0.3, -0.25) is 4.79 Å². The maximum atomic E-state index is 12.2. The van der Waals surface area contributed by atoms with E-state index >= 15 is 0 Å². The molecule has 0 aliphatic carbocycles. The molecule has 1 aliphatic rings. The number of nitrogens with zero attached hydrogens (tertiary/aromatic N) is 1. The molecule has 20 heavy (non-hydrogen) atoms. The average Bonchev–Trinajstić information content (AvgIpc) is 2.40. The van der Waals surface area contributed by atoms with Gasteiger partial charge < -0.3 is 10.2 Å². The number of halogens is 2. The fourth-order valence-electron chi connectivity index (χ4n) is 2.49. The normalized spacial score (nSPS) is 15.5. The zero-order chi connectivity index (χ0) is 13.7. The Labute approximate surface area is 132 Å². The average molecular weight is 317 g/mol. The molecule has 3 nitrogen and oxygen atoms in total. The Kier molecular flexibility index (Phi) is 7.35. The van der Waals surface area contributed by atoms with Gasteiger partial charge >= 0.3 is 0 Å². The van der Waals surface area contributed by atoms with Crippen LogP contribution in [-0.2, 0) is 11.3 Å². The van der Waals surface area contributed by atoms with E-state index in [4.69, 9.17) is 11.6 Å². The van der Waals surface area contributed by atoms with Crippen LogP contribution in [0, 0.1) is 5.92 Å². The van der Waals surface area contributed by atoms with Crippen molar-refractivity contribution in [3.63, 3.8) is 0 Å². The number of hydrogen-bond donors (Lipinski definition) is 1. The Bertz CT molecular complexity index is 434. The van der Waals surface area contributed by atoms with Gasteiger partial charge in [0.15, 0.2) is 0 Å². The maximum Gasteiger partial charge on any atom is 0.222 e. The van der Waals surface area contributed by atoms with Gasteiger partial charge in [-0.25, -0.2) is 0 Å². The van der Waals surface area contributed by atoms with E-state index in [2.05, 4.69) is 5.32 Å². The summed E-state index contributed by atoms with van der Waals surface area (Å²) >= 11 is 5.95. The highest BCUT2D eigenvalue weighted by Gasteiger charge is 2.19. The molecule has 1 N–H and O–H groups in total. The van der Waals surface area contributed by atoms with Gasteiger partial charge in [-0.15, -0.1) is 12.4 Å². The Morgan fingerprint density at radius 1 is 1.40 bits per heavy atom. The van der Waals surface area contributed by atoms with E-state index in [1.54, 1.807) is 4.90 Å². The standard InChI is InChI=1S/C15H21ClN2O.ClH/c1-18(11-13-3-2-4-14(16)9-13)15(19)10-12-5-7-17-8-6-12;/h2-4,9,12,17H,5-8,10-11H2,1H3;1H. The number of piperidine rings is 1. The first-order valence-corrected chi connectivity index (χ1v) is 7.22. The van der Waals surface area contributed by atoms with Gasteiger partial charge in [-0.05, 0) is 49.5 Å². The molecule has 0 radical (unpaired) electrons. The highest BCUT2D eigenvalue weighted by molar-refractivity contribution is 6.30. The predicted molar refractivity (Wildman–Crippen MR) is 85.4 cm³/mol. The molecule has 0 unspecified atom stereocenters. The molecule has 2 rings (SSSR count). The van der Waals surface area contributed by atoms with Gasteiger partial charge in [0, 0.05) is 25.0 Å². The second-order valence-electron chi connectivity index (χ2n) is 5.28. The van der Waals surface area contributed by atoms with Crippen LogP contribution in [0.5, 0.6) is 0 Å². The lowest BCUT2D eigenvalue weighted by molar-refractivity contribution is -0.131. The number of carbonyl (C=O) groups excluding carboxylic acids is 1. The molecule has 1 fully saturated rings. The van der Waals surface area contributed by atoms with Crippen LogP contribution in [0.2, 0.25) is 5.02 Å². The maximum absolute atomic E-state index is 12.2. The lowest BCUT2D eigenvalue weighted by Crippen LogP contribution is -2.33. The lowest BCUT2D eigenvalue weighted by Gasteiger charge is -2.25. The third kappa shape index (κ3) is 5.31. The summed E-state index contributed by atoms with van der Waals surface area (Å²) in [5.41, 5.74) is 1.08. The van der Waals surface area contributed by atoms with E-state index in [9.17, 15) is 4.79 Å². The minimum atomic E-state index is 0. The highest BCUT2D eigenvalue weighted by atomic mass is 35.5. The second-order valence-corrected chi connectivity index (χ2v) is 5.71. The first kappa shape index (κ1) is 17.3. The van der Waals surface area contributed by atoms with Crippen molar-refractivity contribution in [3.8, 4) is 0 Å². The van der Waals surface area contributed by atoms with Gasteiger partial charge in [0.2, 0.25) is 5.91 Å². The number of benzene rings is 1. The summed E-state index contributed by atoms with van der Waals surface area (Å²) in [6.07, 6.45) is 2.88. The smallest absolute Gasteiger partial charge is 0.222 e. The van der Waals surface area contributed by atoms with Crippen LogP contribution >= 0.6 is 24.0 Å². The summed E-state index contributed by atoms with van der Waals surface area (Å²) in [5.74, 6) is 0.766. The molecule has 1 aromatic carbocycles. The molecule has 0 aromatic heterocycles. The van der Waals surface area contributed by atoms with Crippen molar-refractivity contribution in [2.24, 2.45) is 5.92 Å². The molecule has 0 spiro atoms. The van der Waals surface area contributed by atoms with Gasteiger partial charge in [0.25, 0.3) is 0 Å². The number of carbonyl (C=O) groups is 1. The van der Waals surface area contributed by atoms with Crippen LogP contribution in [-0.4, -0.2) is 30.9 Å². The first-order chi connectivity index (χ1) is 9.15. The summed E-state index contributed by atoms with van der Waals surface area (Å²) < 4.78 is 0. The Hall–Kier alpha value is -0.770. The SMILES string of the molecule is CN(Cc1cccc(Cl)c1)C(=O)CC1CCNCC1.Cl. The summed E-state index contributed by atoms with van der Waals surface area (Å²) in [4.78, 5) is 14.0. The highest BCUT2D eigenvalue weighted by Crippen LogP contribution is 2.18. The quantitative estimate of drug-likeness (QED) is 0.925. The van der Waals surface area contributed by atoms with Crippen molar-refractivity contribution in [3.05, 3.63) is 34.9 Å². The number of nitrogens with one attached hydrogen (secondary N) is 1. The zero-order valence-electron chi connectivity index (χ0n) is 11.8. The van der Waals surface area contributed by atoms with Crippen LogP contribution in [0.15, 0.2) is 24.3 Å². The molecule has 1 aromatic rings. The molecule has 1 saturated heterocycles. The van der Waals surface area contributed by atoms with Crippen molar-refractivity contribution in [1.82, 2.24) is 10.2 Å². The molecule has 112 valence electrons. The Balaban J connectivity index is 0.00000200. The first-order valence-electron chi connectivity index (χ1n) is 6.84. The monoisotopic (exact) mass is 316 g/mol. The molecule has 1 heterocycles. The van der Waals surface area contributed by atoms with Crippen LogP contribution in [0.1, 0.15) is 24.8 Å². The molecular weight excluding hydrogens is 295 g/mol. The van der Waals surface area contributed by atoms with Crippen LogP contribution in [0.25, 0.3) is 0 Å². The molecule has 0 saturated carbocycles. The van der Waals surface area contributed by atoms with Crippen molar-refractivity contribution in [2.75, 3.05) is 20.1 Å². The molecule has 0 atom stereocenters. The fraction of sp³-hybridized carbons (Fsp3) is 0.533. The second kappa shape index (κ2) is 8.50. The molecule has 0 bridgehead atoms. The Morgan fingerprint density at radius 2 is 2.10 bits per heavy atom. The zero-order valence-corrected chi connectivity index (χ0v) is 13.3. The molecule has 1 aliphatic heterocycles. The van der Waals surface area contributed by atoms with E-state index in [1.807, 2.05) is 31.3 Å².